The average molecular weight is 310 g/mol. The Kier molecular flexibility index (Phi) is 4.90. The highest BCUT2D eigenvalue weighted by Gasteiger charge is 2.25. The van der Waals surface area contributed by atoms with Crippen molar-refractivity contribution >= 4 is 5.97 Å². The van der Waals surface area contributed by atoms with E-state index in [1.807, 2.05) is 31.2 Å². The Morgan fingerprint density at radius 2 is 1.91 bits per heavy atom. The summed E-state index contributed by atoms with van der Waals surface area (Å²) in [5, 5.41) is 19.1. The van der Waals surface area contributed by atoms with E-state index in [4.69, 9.17) is 0 Å². The minimum atomic E-state index is -1.01. The smallest absolute Gasteiger partial charge is 0.353 e. The van der Waals surface area contributed by atoms with Crippen LogP contribution in [0.3, 0.4) is 0 Å². The van der Waals surface area contributed by atoms with E-state index in [1.165, 1.54) is 5.56 Å². The molecule has 0 aliphatic heterocycles. The van der Waals surface area contributed by atoms with Gasteiger partial charge >= 0.3 is 5.97 Å². The van der Waals surface area contributed by atoms with Crippen LogP contribution in [-0.4, -0.2) is 15.6 Å². The molecule has 1 aromatic carbocycles. The quantitative estimate of drug-likeness (QED) is 0.907. The molecule has 4 heteroatoms. The molecular formula is C19H22N2O2. The van der Waals surface area contributed by atoms with Crippen LogP contribution in [0, 0.1) is 17.2 Å². The van der Waals surface area contributed by atoms with Gasteiger partial charge in [0, 0.05) is 18.3 Å². The Morgan fingerprint density at radius 1 is 1.30 bits per heavy atom. The van der Waals surface area contributed by atoms with Gasteiger partial charge in [-0.25, -0.2) is 4.79 Å². The van der Waals surface area contributed by atoms with Crippen molar-refractivity contribution in [2.75, 3.05) is 0 Å². The molecule has 0 saturated carbocycles. The largest absolute Gasteiger partial charge is 0.477 e. The Hall–Kier alpha value is -2.54. The lowest BCUT2D eigenvalue weighted by atomic mass is 9.96. The SMILES string of the molecule is CCc1c(C#N)c(-c2ccc(CC(C)C)cc2)c(C(=O)O)n1C. The molecule has 23 heavy (non-hydrogen) atoms. The van der Waals surface area contributed by atoms with Crippen molar-refractivity contribution < 1.29 is 9.90 Å². The van der Waals surface area contributed by atoms with Crippen molar-refractivity contribution in [2.24, 2.45) is 13.0 Å². The maximum Gasteiger partial charge on any atom is 0.353 e. The van der Waals surface area contributed by atoms with Crippen LogP contribution in [0.25, 0.3) is 11.1 Å². The number of aromatic nitrogens is 1. The first-order valence-corrected chi connectivity index (χ1v) is 7.84. The van der Waals surface area contributed by atoms with Gasteiger partial charge in [0.25, 0.3) is 0 Å². The zero-order valence-corrected chi connectivity index (χ0v) is 14.1. The third-order valence-electron chi connectivity index (χ3n) is 4.05. The van der Waals surface area contributed by atoms with Crippen LogP contribution in [0.15, 0.2) is 24.3 Å². The molecule has 1 aromatic heterocycles. The molecule has 0 spiro atoms. The summed E-state index contributed by atoms with van der Waals surface area (Å²) in [4.78, 5) is 11.7. The predicted octanol–water partition coefficient (Wildman–Crippen LogP) is 4.02. The Bertz CT molecular complexity index is 762. The van der Waals surface area contributed by atoms with Gasteiger partial charge in [-0.1, -0.05) is 45.0 Å². The lowest BCUT2D eigenvalue weighted by Gasteiger charge is -2.07. The number of benzene rings is 1. The first-order valence-electron chi connectivity index (χ1n) is 7.84. The summed E-state index contributed by atoms with van der Waals surface area (Å²) in [5.41, 5.74) is 3.91. The van der Waals surface area contributed by atoms with Gasteiger partial charge in [-0.15, -0.1) is 0 Å². The number of carbonyl (C=O) groups is 1. The normalized spacial score (nSPS) is 10.8. The van der Waals surface area contributed by atoms with Gasteiger partial charge < -0.3 is 9.67 Å². The van der Waals surface area contributed by atoms with E-state index >= 15 is 0 Å². The molecule has 2 rings (SSSR count). The zero-order chi connectivity index (χ0) is 17.1. The zero-order valence-electron chi connectivity index (χ0n) is 14.1. The molecule has 0 fully saturated rings. The van der Waals surface area contributed by atoms with E-state index in [9.17, 15) is 15.2 Å². The van der Waals surface area contributed by atoms with Crippen LogP contribution in [0.1, 0.15) is 48.1 Å². The fourth-order valence-corrected chi connectivity index (χ4v) is 3.08. The minimum Gasteiger partial charge on any atom is -0.477 e. The monoisotopic (exact) mass is 310 g/mol. The summed E-state index contributed by atoms with van der Waals surface area (Å²) in [6.07, 6.45) is 1.59. The molecule has 4 nitrogen and oxygen atoms in total. The Morgan fingerprint density at radius 3 is 2.35 bits per heavy atom. The van der Waals surface area contributed by atoms with Crippen LogP contribution < -0.4 is 0 Å². The number of hydrogen-bond donors (Lipinski definition) is 1. The Labute approximate surface area is 137 Å². The maximum absolute atomic E-state index is 11.7. The molecule has 0 saturated heterocycles. The fraction of sp³-hybridized carbons (Fsp3) is 0.368. The summed E-state index contributed by atoms with van der Waals surface area (Å²) < 4.78 is 1.62. The van der Waals surface area contributed by atoms with Gasteiger partial charge in [0.2, 0.25) is 0 Å². The van der Waals surface area contributed by atoms with Crippen LogP contribution in [0.4, 0.5) is 0 Å². The van der Waals surface area contributed by atoms with E-state index in [1.54, 1.807) is 11.6 Å². The molecule has 1 N–H and O–H groups in total. The minimum absolute atomic E-state index is 0.176. The van der Waals surface area contributed by atoms with Crippen molar-refractivity contribution in [3.63, 3.8) is 0 Å². The number of aromatic carboxylic acids is 1. The van der Waals surface area contributed by atoms with Gasteiger partial charge in [-0.3, -0.25) is 0 Å². The summed E-state index contributed by atoms with van der Waals surface area (Å²) in [7, 11) is 1.71. The van der Waals surface area contributed by atoms with Crippen LogP contribution in [-0.2, 0) is 19.9 Å². The van der Waals surface area contributed by atoms with Gasteiger partial charge in [0.1, 0.15) is 11.8 Å². The van der Waals surface area contributed by atoms with E-state index in [0.29, 0.717) is 23.5 Å². The van der Waals surface area contributed by atoms with Crippen LogP contribution in [0.2, 0.25) is 0 Å². The van der Waals surface area contributed by atoms with E-state index in [0.717, 1.165) is 17.7 Å². The molecular weight excluding hydrogens is 288 g/mol. The molecule has 0 atom stereocenters. The maximum atomic E-state index is 11.7. The highest BCUT2D eigenvalue weighted by molar-refractivity contribution is 5.97. The topological polar surface area (TPSA) is 66.0 Å². The second-order valence-corrected chi connectivity index (χ2v) is 6.17. The van der Waals surface area contributed by atoms with Crippen LogP contribution in [0.5, 0.6) is 0 Å². The molecule has 0 amide bonds. The number of carboxylic acids is 1. The molecule has 0 bridgehead atoms. The first kappa shape index (κ1) is 16.8. The molecule has 2 aromatic rings. The van der Waals surface area contributed by atoms with Crippen molar-refractivity contribution in [3.05, 3.63) is 46.8 Å². The standard InChI is InChI=1S/C19H22N2O2/c1-5-16-15(11-20)17(18(19(22)23)21(16)4)14-8-6-13(7-9-14)10-12(2)3/h6-9,12H,5,10H2,1-4H3,(H,22,23). The molecule has 0 aliphatic carbocycles. The summed E-state index contributed by atoms with van der Waals surface area (Å²) >= 11 is 0. The third kappa shape index (κ3) is 3.14. The molecule has 0 radical (unpaired) electrons. The number of rotatable bonds is 5. The van der Waals surface area contributed by atoms with Gasteiger partial charge in [0.15, 0.2) is 0 Å². The Balaban J connectivity index is 2.63. The summed E-state index contributed by atoms with van der Waals surface area (Å²) in [6.45, 7) is 6.25. The van der Waals surface area contributed by atoms with Gasteiger partial charge in [-0.2, -0.15) is 5.26 Å². The molecule has 120 valence electrons. The number of nitrogens with zero attached hydrogens (tertiary/aromatic N) is 2. The number of nitriles is 1. The van der Waals surface area contributed by atoms with E-state index < -0.39 is 5.97 Å². The molecule has 0 unspecified atom stereocenters. The lowest BCUT2D eigenvalue weighted by molar-refractivity contribution is 0.0687. The lowest BCUT2D eigenvalue weighted by Crippen LogP contribution is -2.07. The van der Waals surface area contributed by atoms with Crippen molar-refractivity contribution in [1.29, 1.82) is 5.26 Å². The predicted molar refractivity (Wildman–Crippen MR) is 90.4 cm³/mol. The first-order chi connectivity index (χ1) is 10.9. The number of carboxylic acid groups (broad SMARTS) is 1. The van der Waals surface area contributed by atoms with Gasteiger partial charge in [0.05, 0.1) is 5.56 Å². The van der Waals surface area contributed by atoms with Crippen LogP contribution >= 0.6 is 0 Å². The molecule has 1 heterocycles. The highest BCUT2D eigenvalue weighted by atomic mass is 16.4. The van der Waals surface area contributed by atoms with Crippen molar-refractivity contribution in [3.8, 4) is 17.2 Å². The van der Waals surface area contributed by atoms with Crippen molar-refractivity contribution in [2.45, 2.75) is 33.6 Å². The van der Waals surface area contributed by atoms with E-state index in [-0.39, 0.29) is 5.69 Å². The highest BCUT2D eigenvalue weighted by Crippen LogP contribution is 2.32. The fourth-order valence-electron chi connectivity index (χ4n) is 3.08. The van der Waals surface area contributed by atoms with Crippen molar-refractivity contribution in [1.82, 2.24) is 4.57 Å². The second-order valence-electron chi connectivity index (χ2n) is 6.17. The summed E-state index contributed by atoms with van der Waals surface area (Å²) in [5.74, 6) is -0.446. The number of hydrogen-bond acceptors (Lipinski definition) is 2. The third-order valence-corrected chi connectivity index (χ3v) is 4.05. The average Bonchev–Trinajstić information content (AvgIpc) is 2.79. The second kappa shape index (κ2) is 6.70. The molecule has 0 aliphatic rings. The summed E-state index contributed by atoms with van der Waals surface area (Å²) in [6, 6.07) is 10.1. The van der Waals surface area contributed by atoms with Gasteiger partial charge in [-0.05, 0) is 29.9 Å². The van der Waals surface area contributed by atoms with E-state index in [2.05, 4.69) is 19.9 Å².